The van der Waals surface area contributed by atoms with Gasteiger partial charge in [-0.15, -0.1) is 0 Å². The summed E-state index contributed by atoms with van der Waals surface area (Å²) < 4.78 is 30.2. The lowest BCUT2D eigenvalue weighted by atomic mass is 9.74. The van der Waals surface area contributed by atoms with Crippen molar-refractivity contribution in [2.45, 2.75) is 25.5 Å². The Labute approximate surface area is 183 Å². The Hall–Kier alpha value is -3.06. The number of carbonyl (C=O) groups is 2. The van der Waals surface area contributed by atoms with Crippen LogP contribution < -0.4 is 19.5 Å². The number of ether oxygens (including phenoxy) is 3. The molecule has 0 aromatic heterocycles. The van der Waals surface area contributed by atoms with Gasteiger partial charge in [-0.25, -0.2) is 4.39 Å². The highest BCUT2D eigenvalue weighted by Gasteiger charge is 2.58. The van der Waals surface area contributed by atoms with E-state index in [2.05, 4.69) is 5.32 Å². The maximum absolute atomic E-state index is 13.7. The van der Waals surface area contributed by atoms with E-state index in [0.29, 0.717) is 11.4 Å². The fourth-order valence-electron chi connectivity index (χ4n) is 4.12. The van der Waals surface area contributed by atoms with Crippen LogP contribution in [0.4, 0.5) is 4.39 Å². The molecule has 1 N–H and O–H groups in total. The minimum atomic E-state index is -1.46. The van der Waals surface area contributed by atoms with E-state index in [1.165, 1.54) is 38.5 Å². The van der Waals surface area contributed by atoms with Crippen molar-refractivity contribution in [2.75, 3.05) is 14.2 Å². The van der Waals surface area contributed by atoms with Gasteiger partial charge >= 0.3 is 0 Å². The van der Waals surface area contributed by atoms with E-state index in [0.717, 1.165) is 5.56 Å². The van der Waals surface area contributed by atoms with Gasteiger partial charge in [0.2, 0.25) is 11.4 Å². The minimum absolute atomic E-state index is 0.122. The van der Waals surface area contributed by atoms with E-state index >= 15 is 0 Å². The van der Waals surface area contributed by atoms with Crippen LogP contribution in [-0.4, -0.2) is 31.4 Å². The third-order valence-electron chi connectivity index (χ3n) is 5.72. The molecular weight excluding hydrogens is 425 g/mol. The average Bonchev–Trinajstić information content (AvgIpc) is 3.06. The summed E-state index contributed by atoms with van der Waals surface area (Å²) in [6, 6.07) is 7.48. The van der Waals surface area contributed by atoms with Crippen molar-refractivity contribution < 1.29 is 28.2 Å². The number of rotatable bonds is 5. The number of allylic oxidation sites excluding steroid dienone is 1. The fraction of sp³-hybridized carbons (Fsp3) is 0.304. The van der Waals surface area contributed by atoms with Gasteiger partial charge in [0.1, 0.15) is 27.9 Å². The predicted octanol–water partition coefficient (Wildman–Crippen LogP) is 4.09. The molecule has 0 saturated carbocycles. The van der Waals surface area contributed by atoms with Gasteiger partial charge in [0.05, 0.1) is 19.9 Å². The molecule has 2 aromatic rings. The van der Waals surface area contributed by atoms with E-state index < -0.39 is 11.5 Å². The van der Waals surface area contributed by atoms with Crippen LogP contribution in [0.2, 0.25) is 5.02 Å². The lowest BCUT2D eigenvalue weighted by molar-refractivity contribution is -0.117. The van der Waals surface area contributed by atoms with Gasteiger partial charge in [0.25, 0.3) is 0 Å². The summed E-state index contributed by atoms with van der Waals surface area (Å²) in [5, 5.41) is 3.32. The largest absolute Gasteiger partial charge is 0.496 e. The second-order valence-corrected chi connectivity index (χ2v) is 7.95. The lowest BCUT2D eigenvalue weighted by Gasteiger charge is -2.38. The molecule has 0 radical (unpaired) electrons. The van der Waals surface area contributed by atoms with Gasteiger partial charge < -0.3 is 19.5 Å². The van der Waals surface area contributed by atoms with Gasteiger partial charge in [-0.3, -0.25) is 9.59 Å². The van der Waals surface area contributed by atoms with Crippen LogP contribution in [0.1, 0.15) is 29.3 Å². The number of methoxy groups -OCH3 is 2. The highest BCUT2D eigenvalue weighted by Crippen LogP contribution is 2.54. The summed E-state index contributed by atoms with van der Waals surface area (Å²) in [4.78, 5) is 26.1. The van der Waals surface area contributed by atoms with Crippen LogP contribution in [0, 0.1) is 11.7 Å². The van der Waals surface area contributed by atoms with Crippen LogP contribution in [0.5, 0.6) is 17.2 Å². The normalized spacial score (nSPS) is 22.1. The molecule has 2 aliphatic rings. The summed E-state index contributed by atoms with van der Waals surface area (Å²) >= 11 is 6.46. The van der Waals surface area contributed by atoms with Crippen molar-refractivity contribution in [1.82, 2.24) is 5.32 Å². The van der Waals surface area contributed by atoms with Crippen molar-refractivity contribution in [3.05, 3.63) is 64.1 Å². The smallest absolute Gasteiger partial charge is 0.220 e. The number of ketones is 2. The molecule has 31 heavy (non-hydrogen) atoms. The van der Waals surface area contributed by atoms with Crippen LogP contribution in [-0.2, 0) is 11.3 Å². The second kappa shape index (κ2) is 7.89. The number of nitrogens with one attached hydrogen (secondary N) is 1. The summed E-state index contributed by atoms with van der Waals surface area (Å²) in [6.07, 6.45) is 1.53. The maximum atomic E-state index is 13.7. The van der Waals surface area contributed by atoms with Crippen LogP contribution in [0.25, 0.3) is 0 Å². The third-order valence-corrected chi connectivity index (χ3v) is 6.08. The molecule has 0 bridgehead atoms. The fourth-order valence-corrected chi connectivity index (χ4v) is 4.39. The number of benzene rings is 2. The van der Waals surface area contributed by atoms with Gasteiger partial charge in [-0.1, -0.05) is 30.7 Å². The molecule has 0 amide bonds. The summed E-state index contributed by atoms with van der Waals surface area (Å²) in [5.74, 6) is -0.525. The number of carbonyl (C=O) groups excluding carboxylic acids is 2. The standard InChI is InChI=1S/C23H21ClFNO5/c1-12-8-15(27)9-18(26-11-13-4-6-14(25)7-5-13)23(12)22(28)19-16(29-2)10-17(30-3)20(24)21(19)31-23/h4-7,9-10,12,26H,8,11H2,1-3H3/t12-,23+/m1/s1. The zero-order valence-electron chi connectivity index (χ0n) is 17.3. The first-order chi connectivity index (χ1) is 14.8. The first-order valence-electron chi connectivity index (χ1n) is 9.73. The maximum Gasteiger partial charge on any atom is 0.220 e. The Bertz CT molecular complexity index is 1100. The molecule has 1 aliphatic carbocycles. The van der Waals surface area contributed by atoms with Gasteiger partial charge in [-0.05, 0) is 17.7 Å². The average molecular weight is 446 g/mol. The SMILES string of the molecule is COc1cc(OC)c2c(c1Cl)O[C@]1(C2=O)C(NCc2ccc(F)cc2)=CC(=O)C[C@H]1C. The Morgan fingerprint density at radius 2 is 1.87 bits per heavy atom. The number of Topliss-reactive ketones (excluding diaryl/α,β-unsaturated/α-hetero) is 1. The van der Waals surface area contributed by atoms with Crippen molar-refractivity contribution in [3.8, 4) is 17.2 Å². The molecular formula is C23H21ClFNO5. The Kier molecular flexibility index (Phi) is 5.39. The molecule has 0 unspecified atom stereocenters. The monoisotopic (exact) mass is 445 g/mol. The molecule has 0 fully saturated rings. The van der Waals surface area contributed by atoms with Crippen LogP contribution in [0.15, 0.2) is 42.1 Å². The first-order valence-corrected chi connectivity index (χ1v) is 10.1. The molecule has 1 heterocycles. The highest BCUT2D eigenvalue weighted by molar-refractivity contribution is 6.35. The van der Waals surface area contributed by atoms with Gasteiger partial charge in [0.15, 0.2) is 11.5 Å². The van der Waals surface area contributed by atoms with Crippen molar-refractivity contribution in [3.63, 3.8) is 0 Å². The molecule has 1 spiro atoms. The molecule has 2 atom stereocenters. The van der Waals surface area contributed by atoms with Crippen LogP contribution in [0.3, 0.4) is 0 Å². The number of hydrogen-bond acceptors (Lipinski definition) is 6. The minimum Gasteiger partial charge on any atom is -0.496 e. The molecule has 2 aromatic carbocycles. The van der Waals surface area contributed by atoms with E-state index in [-0.39, 0.29) is 52.4 Å². The quantitative estimate of drug-likeness (QED) is 0.747. The van der Waals surface area contributed by atoms with E-state index in [1.807, 2.05) is 0 Å². The molecule has 1 aliphatic heterocycles. The van der Waals surface area contributed by atoms with E-state index in [9.17, 15) is 14.0 Å². The molecule has 6 nitrogen and oxygen atoms in total. The molecule has 162 valence electrons. The predicted molar refractivity (Wildman–Crippen MR) is 112 cm³/mol. The van der Waals surface area contributed by atoms with Crippen molar-refractivity contribution in [2.24, 2.45) is 5.92 Å². The number of halogens is 2. The summed E-state index contributed by atoms with van der Waals surface area (Å²) in [5.41, 5.74) is -0.134. The Balaban J connectivity index is 1.77. The van der Waals surface area contributed by atoms with Crippen molar-refractivity contribution >= 4 is 23.2 Å². The van der Waals surface area contributed by atoms with E-state index in [1.54, 1.807) is 19.1 Å². The first kappa shape index (κ1) is 21.2. The summed E-state index contributed by atoms with van der Waals surface area (Å²) in [7, 11) is 2.90. The molecule has 4 rings (SSSR count). The lowest BCUT2D eigenvalue weighted by Crippen LogP contribution is -2.54. The summed E-state index contributed by atoms with van der Waals surface area (Å²) in [6.45, 7) is 2.06. The van der Waals surface area contributed by atoms with Crippen molar-refractivity contribution in [1.29, 1.82) is 0 Å². The van der Waals surface area contributed by atoms with Crippen LogP contribution >= 0.6 is 11.6 Å². The number of hydrogen-bond donors (Lipinski definition) is 1. The van der Waals surface area contributed by atoms with Gasteiger partial charge in [-0.2, -0.15) is 0 Å². The topological polar surface area (TPSA) is 73.9 Å². The molecule has 0 saturated heterocycles. The molecule has 8 heteroatoms. The third kappa shape index (κ3) is 3.33. The zero-order chi connectivity index (χ0) is 22.3. The Morgan fingerprint density at radius 3 is 2.52 bits per heavy atom. The zero-order valence-corrected chi connectivity index (χ0v) is 18.0. The number of fused-ring (bicyclic) bond motifs is 1. The second-order valence-electron chi connectivity index (χ2n) is 7.58. The van der Waals surface area contributed by atoms with Gasteiger partial charge in [0, 0.05) is 31.0 Å². The highest BCUT2D eigenvalue weighted by atomic mass is 35.5. The Morgan fingerprint density at radius 1 is 1.19 bits per heavy atom. The van der Waals surface area contributed by atoms with E-state index in [4.69, 9.17) is 25.8 Å².